The van der Waals surface area contributed by atoms with E-state index >= 15 is 0 Å². The SMILES string of the molecule is CCCNCc1c(OC(C#N)CC)ccc2ccccc12. The molecule has 0 aromatic heterocycles. The fraction of sp³-hybridized carbons (Fsp3) is 0.389. The molecule has 0 aliphatic heterocycles. The smallest absolute Gasteiger partial charge is 0.184 e. The Morgan fingerprint density at radius 1 is 1.19 bits per heavy atom. The van der Waals surface area contributed by atoms with Crippen molar-refractivity contribution >= 4 is 10.8 Å². The van der Waals surface area contributed by atoms with Crippen LogP contribution in [-0.2, 0) is 6.54 Å². The van der Waals surface area contributed by atoms with Gasteiger partial charge in [-0.05, 0) is 36.2 Å². The number of ether oxygens (including phenoxy) is 1. The van der Waals surface area contributed by atoms with Crippen molar-refractivity contribution in [1.82, 2.24) is 5.32 Å². The highest BCUT2D eigenvalue weighted by Crippen LogP contribution is 2.29. The van der Waals surface area contributed by atoms with Gasteiger partial charge in [0.15, 0.2) is 6.10 Å². The molecule has 0 aliphatic carbocycles. The Balaban J connectivity index is 2.38. The lowest BCUT2D eigenvalue weighted by atomic mass is 10.0. The zero-order valence-electron chi connectivity index (χ0n) is 12.7. The summed E-state index contributed by atoms with van der Waals surface area (Å²) < 4.78 is 5.88. The number of hydrogen-bond acceptors (Lipinski definition) is 3. The molecule has 0 saturated heterocycles. The van der Waals surface area contributed by atoms with Gasteiger partial charge in [-0.2, -0.15) is 5.26 Å². The van der Waals surface area contributed by atoms with Crippen molar-refractivity contribution in [1.29, 1.82) is 5.26 Å². The fourth-order valence-corrected chi connectivity index (χ4v) is 2.35. The Morgan fingerprint density at radius 3 is 2.71 bits per heavy atom. The Bertz CT molecular complexity index is 631. The molecule has 3 nitrogen and oxygen atoms in total. The molecule has 0 aliphatic rings. The number of benzene rings is 2. The van der Waals surface area contributed by atoms with Crippen LogP contribution in [0.2, 0.25) is 0 Å². The summed E-state index contributed by atoms with van der Waals surface area (Å²) in [5, 5.41) is 14.9. The number of hydrogen-bond donors (Lipinski definition) is 1. The highest BCUT2D eigenvalue weighted by atomic mass is 16.5. The normalized spacial score (nSPS) is 12.0. The van der Waals surface area contributed by atoms with E-state index in [1.54, 1.807) is 0 Å². The van der Waals surface area contributed by atoms with E-state index in [4.69, 9.17) is 10.00 Å². The van der Waals surface area contributed by atoms with Crippen molar-refractivity contribution in [2.24, 2.45) is 0 Å². The quantitative estimate of drug-likeness (QED) is 0.780. The van der Waals surface area contributed by atoms with Gasteiger partial charge in [0.25, 0.3) is 0 Å². The molecule has 0 radical (unpaired) electrons. The van der Waals surface area contributed by atoms with Gasteiger partial charge in [-0.15, -0.1) is 0 Å². The van der Waals surface area contributed by atoms with Crippen molar-refractivity contribution in [3.8, 4) is 11.8 Å². The maximum absolute atomic E-state index is 9.12. The minimum atomic E-state index is -0.393. The molecule has 2 aromatic carbocycles. The summed E-state index contributed by atoms with van der Waals surface area (Å²) in [7, 11) is 0. The third-order valence-electron chi connectivity index (χ3n) is 3.51. The molecule has 1 N–H and O–H groups in total. The van der Waals surface area contributed by atoms with Gasteiger partial charge in [0.2, 0.25) is 0 Å². The van der Waals surface area contributed by atoms with Crippen LogP contribution >= 0.6 is 0 Å². The molecule has 2 rings (SSSR count). The lowest BCUT2D eigenvalue weighted by Crippen LogP contribution is -2.18. The zero-order valence-corrected chi connectivity index (χ0v) is 12.7. The van der Waals surface area contributed by atoms with Crippen LogP contribution in [-0.4, -0.2) is 12.6 Å². The van der Waals surface area contributed by atoms with Crippen molar-refractivity contribution < 1.29 is 4.74 Å². The predicted molar refractivity (Wildman–Crippen MR) is 86.3 cm³/mol. The van der Waals surface area contributed by atoms with Crippen molar-refractivity contribution in [3.05, 3.63) is 42.0 Å². The molecule has 0 saturated carbocycles. The van der Waals surface area contributed by atoms with Crippen LogP contribution in [0.5, 0.6) is 5.75 Å². The number of nitrogens with zero attached hydrogens (tertiary/aromatic N) is 1. The Morgan fingerprint density at radius 2 is 2.00 bits per heavy atom. The third kappa shape index (κ3) is 3.74. The van der Waals surface area contributed by atoms with Gasteiger partial charge in [0, 0.05) is 12.1 Å². The van der Waals surface area contributed by atoms with E-state index in [-0.39, 0.29) is 0 Å². The summed E-state index contributed by atoms with van der Waals surface area (Å²) >= 11 is 0. The van der Waals surface area contributed by atoms with Gasteiger partial charge in [-0.3, -0.25) is 0 Å². The van der Waals surface area contributed by atoms with Crippen LogP contribution in [0.4, 0.5) is 0 Å². The molecule has 0 bridgehead atoms. The minimum Gasteiger partial charge on any atom is -0.475 e. The zero-order chi connectivity index (χ0) is 15.1. The standard InChI is InChI=1S/C18H22N2O/c1-3-11-20-13-17-16-8-6-5-7-14(16)9-10-18(17)21-15(4-2)12-19/h5-10,15,20H,3-4,11,13H2,1-2H3. The van der Waals surface area contributed by atoms with Gasteiger partial charge in [-0.25, -0.2) is 0 Å². The summed E-state index contributed by atoms with van der Waals surface area (Å²) in [6.45, 7) is 5.84. The molecule has 0 amide bonds. The first-order chi connectivity index (χ1) is 10.3. The summed E-state index contributed by atoms with van der Waals surface area (Å²) in [5.74, 6) is 0.811. The van der Waals surface area contributed by atoms with Crippen LogP contribution in [0, 0.1) is 11.3 Å². The summed E-state index contributed by atoms with van der Waals surface area (Å²) in [5.41, 5.74) is 1.13. The number of fused-ring (bicyclic) bond motifs is 1. The van der Waals surface area contributed by atoms with Crippen molar-refractivity contribution in [2.45, 2.75) is 39.3 Å². The largest absolute Gasteiger partial charge is 0.475 e. The Labute approximate surface area is 126 Å². The number of nitriles is 1. The molecule has 3 heteroatoms. The molecule has 110 valence electrons. The van der Waals surface area contributed by atoms with E-state index < -0.39 is 6.10 Å². The Kier molecular flexibility index (Phi) is 5.59. The van der Waals surface area contributed by atoms with E-state index in [9.17, 15) is 0 Å². The van der Waals surface area contributed by atoms with Gasteiger partial charge >= 0.3 is 0 Å². The second kappa shape index (κ2) is 7.66. The summed E-state index contributed by atoms with van der Waals surface area (Å²) in [6.07, 6.45) is 1.39. The average molecular weight is 282 g/mol. The van der Waals surface area contributed by atoms with Crippen molar-refractivity contribution in [3.63, 3.8) is 0 Å². The number of rotatable bonds is 7. The molecular weight excluding hydrogens is 260 g/mol. The molecular formula is C18H22N2O. The monoisotopic (exact) mass is 282 g/mol. The highest BCUT2D eigenvalue weighted by molar-refractivity contribution is 5.87. The van der Waals surface area contributed by atoms with Crippen LogP contribution in [0.25, 0.3) is 10.8 Å². The lowest BCUT2D eigenvalue weighted by molar-refractivity contribution is 0.249. The Hall–Kier alpha value is -2.05. The number of nitrogens with one attached hydrogen (secondary N) is 1. The maximum Gasteiger partial charge on any atom is 0.184 e. The average Bonchev–Trinajstić information content (AvgIpc) is 2.54. The highest BCUT2D eigenvalue weighted by Gasteiger charge is 2.12. The van der Waals surface area contributed by atoms with Gasteiger partial charge in [-0.1, -0.05) is 44.2 Å². The third-order valence-corrected chi connectivity index (χ3v) is 3.51. The first kappa shape index (κ1) is 15.3. The van der Waals surface area contributed by atoms with Crippen LogP contribution in [0.1, 0.15) is 32.3 Å². The van der Waals surface area contributed by atoms with Crippen LogP contribution in [0.3, 0.4) is 0 Å². The van der Waals surface area contributed by atoms with Gasteiger partial charge < -0.3 is 10.1 Å². The van der Waals surface area contributed by atoms with E-state index in [1.165, 1.54) is 10.8 Å². The summed E-state index contributed by atoms with van der Waals surface area (Å²) in [4.78, 5) is 0. The predicted octanol–water partition coefficient (Wildman–Crippen LogP) is 4.02. The van der Waals surface area contributed by atoms with E-state index in [0.717, 1.165) is 30.8 Å². The fourth-order valence-electron chi connectivity index (χ4n) is 2.35. The minimum absolute atomic E-state index is 0.393. The van der Waals surface area contributed by atoms with Crippen LogP contribution < -0.4 is 10.1 Å². The van der Waals surface area contributed by atoms with Gasteiger partial charge in [0.1, 0.15) is 11.8 Å². The van der Waals surface area contributed by atoms with E-state index in [1.807, 2.05) is 25.1 Å². The molecule has 0 heterocycles. The first-order valence-electron chi connectivity index (χ1n) is 7.57. The topological polar surface area (TPSA) is 45.0 Å². The van der Waals surface area contributed by atoms with E-state index in [0.29, 0.717) is 6.42 Å². The molecule has 2 aromatic rings. The lowest BCUT2D eigenvalue weighted by Gasteiger charge is -2.17. The second-order valence-electron chi connectivity index (χ2n) is 5.08. The van der Waals surface area contributed by atoms with Gasteiger partial charge in [0.05, 0.1) is 0 Å². The van der Waals surface area contributed by atoms with Crippen molar-refractivity contribution in [2.75, 3.05) is 6.54 Å². The molecule has 0 fully saturated rings. The maximum atomic E-state index is 9.12. The molecule has 1 unspecified atom stereocenters. The molecule has 0 spiro atoms. The molecule has 1 atom stereocenters. The van der Waals surface area contributed by atoms with Crippen LogP contribution in [0.15, 0.2) is 36.4 Å². The molecule has 21 heavy (non-hydrogen) atoms. The summed E-state index contributed by atoms with van der Waals surface area (Å²) in [6, 6.07) is 14.5. The van der Waals surface area contributed by atoms with E-state index in [2.05, 4.69) is 36.5 Å². The second-order valence-corrected chi connectivity index (χ2v) is 5.08. The first-order valence-corrected chi connectivity index (χ1v) is 7.57.